The molecule has 2 amide bonds. The van der Waals surface area contributed by atoms with Crippen molar-refractivity contribution in [3.63, 3.8) is 0 Å². The molecule has 0 radical (unpaired) electrons. The van der Waals surface area contributed by atoms with Gasteiger partial charge in [0.2, 0.25) is 0 Å². The van der Waals surface area contributed by atoms with Gasteiger partial charge in [0.05, 0.1) is 40.3 Å². The summed E-state index contributed by atoms with van der Waals surface area (Å²) in [5.41, 5.74) is 12.1. The van der Waals surface area contributed by atoms with Crippen molar-refractivity contribution in [3.8, 4) is 0 Å². The molecule has 0 unspecified atom stereocenters. The highest BCUT2D eigenvalue weighted by Gasteiger charge is 2.31. The molecule has 4 aromatic rings. The number of imidazole rings is 2. The minimum atomic E-state index is -0.623. The number of benzene rings is 2. The largest absolute Gasteiger partial charge is 0.443 e. The number of rotatable bonds is 3. The lowest BCUT2D eigenvalue weighted by Crippen LogP contribution is -2.39. The Bertz CT molecular complexity index is 2050. The molecule has 0 spiro atoms. The second kappa shape index (κ2) is 14.7. The molecule has 0 saturated heterocycles. The first kappa shape index (κ1) is 37.3. The fourth-order valence-corrected chi connectivity index (χ4v) is 5.84. The molecule has 2 aromatic carbocycles. The quantitative estimate of drug-likeness (QED) is 0.127. The van der Waals surface area contributed by atoms with Crippen LogP contribution in [0.3, 0.4) is 0 Å². The average Bonchev–Trinajstić information content (AvgIpc) is 3.66. The standard InChI is InChI=1S/C19H22N4O4.C19H24N4O2/c1-19(2,3)27-18(24)22-8-7-13(9-14-11-21(4)12-20-14)16-10-15(23(25)26)5-6-17(16)22;1-19(2,3)25-18(24)23-8-7-13(9-15-11-22(4)12-21-15)16-10-14(20)5-6-17(16)23/h5-6,9-12H,7-8H2,1-4H3;5-6,9-12H,7-8,20H2,1-4H3/b2*13-9+. The van der Waals surface area contributed by atoms with Crippen LogP contribution in [0.2, 0.25) is 0 Å². The predicted molar refractivity (Wildman–Crippen MR) is 203 cm³/mol. The number of hydrogen-bond donors (Lipinski definition) is 1. The van der Waals surface area contributed by atoms with Crippen LogP contribution in [0.5, 0.6) is 0 Å². The van der Waals surface area contributed by atoms with Crippen LogP contribution in [-0.4, -0.2) is 60.5 Å². The maximum Gasteiger partial charge on any atom is 0.414 e. The Labute approximate surface area is 303 Å². The molecule has 2 aliphatic rings. The summed E-state index contributed by atoms with van der Waals surface area (Å²) in [6.45, 7) is 12.0. The van der Waals surface area contributed by atoms with Gasteiger partial charge in [-0.05, 0) is 102 Å². The number of aryl methyl sites for hydroxylation is 2. The molecule has 0 saturated carbocycles. The van der Waals surface area contributed by atoms with Gasteiger partial charge in [0, 0.05) is 68.5 Å². The van der Waals surface area contributed by atoms with Gasteiger partial charge in [0.15, 0.2) is 0 Å². The molecule has 0 fully saturated rings. The zero-order chi connectivity index (χ0) is 38.0. The molecule has 274 valence electrons. The van der Waals surface area contributed by atoms with E-state index in [0.717, 1.165) is 33.8 Å². The van der Waals surface area contributed by atoms with Crippen molar-refractivity contribution >= 4 is 58.2 Å². The van der Waals surface area contributed by atoms with E-state index in [0.29, 0.717) is 42.9 Å². The van der Waals surface area contributed by atoms with E-state index >= 15 is 0 Å². The minimum absolute atomic E-state index is 0.0216. The van der Waals surface area contributed by atoms with Gasteiger partial charge >= 0.3 is 12.2 Å². The van der Waals surface area contributed by atoms with Crippen LogP contribution in [0.15, 0.2) is 61.4 Å². The zero-order valence-corrected chi connectivity index (χ0v) is 30.9. The normalized spacial score (nSPS) is 15.8. The first-order valence-electron chi connectivity index (χ1n) is 16.9. The maximum absolute atomic E-state index is 12.6. The summed E-state index contributed by atoms with van der Waals surface area (Å²) in [7, 11) is 3.81. The first-order chi connectivity index (χ1) is 24.4. The number of fused-ring (bicyclic) bond motifs is 2. The number of amides is 2. The molecule has 2 aromatic heterocycles. The van der Waals surface area contributed by atoms with Crippen molar-refractivity contribution in [1.82, 2.24) is 19.1 Å². The third kappa shape index (κ3) is 9.24. The van der Waals surface area contributed by atoms with Crippen LogP contribution < -0.4 is 15.5 Å². The fourth-order valence-electron chi connectivity index (χ4n) is 5.84. The number of aromatic nitrogens is 4. The molecular formula is C38H46N8O6. The van der Waals surface area contributed by atoms with Gasteiger partial charge in [-0.2, -0.15) is 0 Å². The van der Waals surface area contributed by atoms with Gasteiger partial charge in [0.25, 0.3) is 5.69 Å². The molecular weight excluding hydrogens is 664 g/mol. The molecule has 2 N–H and O–H groups in total. The number of nitrogens with zero attached hydrogens (tertiary/aromatic N) is 7. The molecule has 4 heterocycles. The van der Waals surface area contributed by atoms with Gasteiger partial charge in [-0.25, -0.2) is 19.6 Å². The summed E-state index contributed by atoms with van der Waals surface area (Å²) < 4.78 is 14.8. The minimum Gasteiger partial charge on any atom is -0.443 e. The summed E-state index contributed by atoms with van der Waals surface area (Å²) >= 11 is 0. The van der Waals surface area contributed by atoms with Crippen LogP contribution in [0.4, 0.5) is 32.3 Å². The van der Waals surface area contributed by atoms with E-state index in [4.69, 9.17) is 15.2 Å². The van der Waals surface area contributed by atoms with Crippen LogP contribution >= 0.6 is 0 Å². The van der Waals surface area contributed by atoms with Crippen LogP contribution in [0.25, 0.3) is 23.3 Å². The number of nitrogens with two attached hydrogens (primary N) is 1. The van der Waals surface area contributed by atoms with E-state index in [9.17, 15) is 19.7 Å². The maximum atomic E-state index is 12.6. The summed E-state index contributed by atoms with van der Waals surface area (Å²) in [5.74, 6) is 0. The molecule has 0 aliphatic carbocycles. The Hall–Kier alpha value is -5.92. The van der Waals surface area contributed by atoms with E-state index in [2.05, 4.69) is 9.97 Å². The fraction of sp³-hybridized carbons (Fsp3) is 0.368. The molecule has 14 nitrogen and oxygen atoms in total. The number of nitro benzene ring substituents is 1. The Kier molecular flexibility index (Phi) is 10.6. The monoisotopic (exact) mass is 710 g/mol. The lowest BCUT2D eigenvalue weighted by atomic mass is 9.94. The van der Waals surface area contributed by atoms with Gasteiger partial charge in [-0.3, -0.25) is 19.9 Å². The number of hydrogen-bond acceptors (Lipinski definition) is 9. The van der Waals surface area contributed by atoms with E-state index < -0.39 is 22.2 Å². The van der Waals surface area contributed by atoms with Crippen molar-refractivity contribution in [1.29, 1.82) is 0 Å². The molecule has 52 heavy (non-hydrogen) atoms. The van der Waals surface area contributed by atoms with Crippen molar-refractivity contribution in [2.45, 2.75) is 65.6 Å². The molecule has 0 bridgehead atoms. The van der Waals surface area contributed by atoms with E-state index in [1.54, 1.807) is 50.5 Å². The second-order valence-electron chi connectivity index (χ2n) is 14.8. The SMILES string of the molecule is Cn1cnc(/C=C2\CCN(C(=O)OC(C)(C)C)c3ccc(N)cc32)c1.Cn1cnc(/C=C2\CCN(C(=O)OC(C)(C)C)c3ccc([N+](=O)[O-])cc32)c1. The second-order valence-corrected chi connectivity index (χ2v) is 14.8. The number of nitro groups is 1. The summed E-state index contributed by atoms with van der Waals surface area (Å²) in [6.07, 6.45) is 11.7. The number of non-ortho nitro benzene ring substituents is 1. The smallest absolute Gasteiger partial charge is 0.414 e. The topological polar surface area (TPSA) is 164 Å². The Morgan fingerprint density at radius 3 is 1.62 bits per heavy atom. The highest BCUT2D eigenvalue weighted by atomic mass is 16.6. The third-order valence-electron chi connectivity index (χ3n) is 8.02. The molecule has 2 aliphatic heterocycles. The van der Waals surface area contributed by atoms with Crippen molar-refractivity contribution in [2.24, 2.45) is 14.1 Å². The lowest BCUT2D eigenvalue weighted by molar-refractivity contribution is -0.384. The molecule has 6 rings (SSSR count). The van der Waals surface area contributed by atoms with Gasteiger partial charge in [-0.1, -0.05) is 0 Å². The number of nitrogen functional groups attached to an aromatic ring is 1. The highest BCUT2D eigenvalue weighted by Crippen LogP contribution is 2.39. The molecule has 0 atom stereocenters. The van der Waals surface area contributed by atoms with Crippen LogP contribution in [0.1, 0.15) is 76.9 Å². The number of carbonyl (C=O) groups is 2. The van der Waals surface area contributed by atoms with Gasteiger partial charge in [-0.15, -0.1) is 0 Å². The van der Waals surface area contributed by atoms with Crippen molar-refractivity contribution in [2.75, 3.05) is 28.6 Å². The third-order valence-corrected chi connectivity index (χ3v) is 8.02. The predicted octanol–water partition coefficient (Wildman–Crippen LogP) is 7.70. The summed E-state index contributed by atoms with van der Waals surface area (Å²) in [5, 5.41) is 11.2. The summed E-state index contributed by atoms with van der Waals surface area (Å²) in [6, 6.07) is 10.1. The first-order valence-corrected chi connectivity index (χ1v) is 16.9. The number of ether oxygens (including phenoxy) is 2. The van der Waals surface area contributed by atoms with Crippen LogP contribution in [-0.2, 0) is 23.6 Å². The lowest BCUT2D eigenvalue weighted by Gasteiger charge is -2.33. The Morgan fingerprint density at radius 1 is 0.769 bits per heavy atom. The number of anilines is 3. The Balaban J connectivity index is 0.000000202. The van der Waals surface area contributed by atoms with Gasteiger partial charge in [0.1, 0.15) is 11.2 Å². The van der Waals surface area contributed by atoms with Crippen molar-refractivity contribution < 1.29 is 24.0 Å². The average molecular weight is 711 g/mol. The van der Waals surface area contributed by atoms with Crippen molar-refractivity contribution in [3.05, 3.63) is 94.1 Å². The number of carbonyl (C=O) groups excluding carboxylic acids is 2. The van der Waals surface area contributed by atoms with E-state index in [1.165, 1.54) is 17.0 Å². The van der Waals surface area contributed by atoms with Gasteiger partial charge < -0.3 is 24.3 Å². The summed E-state index contributed by atoms with van der Waals surface area (Å²) in [4.78, 5) is 47.8. The van der Waals surface area contributed by atoms with E-state index in [-0.39, 0.29) is 11.8 Å². The zero-order valence-electron chi connectivity index (χ0n) is 30.9. The van der Waals surface area contributed by atoms with Crippen LogP contribution in [0, 0.1) is 10.1 Å². The highest BCUT2D eigenvalue weighted by molar-refractivity contribution is 5.99. The Morgan fingerprint density at radius 2 is 1.21 bits per heavy atom. The molecule has 14 heteroatoms. The van der Waals surface area contributed by atoms with E-state index in [1.807, 2.05) is 80.7 Å².